The van der Waals surface area contributed by atoms with E-state index in [1.54, 1.807) is 6.07 Å². The van der Waals surface area contributed by atoms with Crippen molar-refractivity contribution in [2.24, 2.45) is 4.99 Å². The fourth-order valence-electron chi connectivity index (χ4n) is 1.65. The minimum atomic E-state index is -1.09. The Morgan fingerprint density at radius 1 is 1.24 bits per heavy atom. The first-order valence-electron chi connectivity index (χ1n) is 5.81. The van der Waals surface area contributed by atoms with Crippen molar-refractivity contribution in [1.82, 2.24) is 0 Å². The van der Waals surface area contributed by atoms with Gasteiger partial charge in [0, 0.05) is 12.3 Å². The molecule has 7 heteroatoms. The summed E-state index contributed by atoms with van der Waals surface area (Å²) >= 11 is 0. The largest absolute Gasteiger partial charge is 0.867 e. The number of rotatable bonds is 4. The first-order valence-corrected chi connectivity index (χ1v) is 5.81. The number of benzene rings is 2. The highest BCUT2D eigenvalue weighted by atomic mass is 16.6. The van der Waals surface area contributed by atoms with Crippen molar-refractivity contribution in [1.29, 1.82) is 0 Å². The van der Waals surface area contributed by atoms with Crippen molar-refractivity contribution in [2.45, 2.75) is 0 Å². The van der Waals surface area contributed by atoms with Gasteiger partial charge in [-0.15, -0.1) is 0 Å². The summed E-state index contributed by atoms with van der Waals surface area (Å²) in [5.74, 6) is -1.83. The summed E-state index contributed by atoms with van der Waals surface area (Å²) in [7, 11) is 0. The van der Waals surface area contributed by atoms with Crippen LogP contribution in [0.3, 0.4) is 0 Å². The fourth-order valence-corrected chi connectivity index (χ4v) is 1.65. The van der Waals surface area contributed by atoms with Gasteiger partial charge < -0.3 is 10.2 Å². The molecule has 0 amide bonds. The van der Waals surface area contributed by atoms with E-state index < -0.39 is 22.3 Å². The van der Waals surface area contributed by atoms with Gasteiger partial charge in [0.2, 0.25) is 0 Å². The number of nitrogens with zero attached hydrogens (tertiary/aromatic N) is 2. The van der Waals surface area contributed by atoms with Crippen molar-refractivity contribution in [3.05, 3.63) is 63.7 Å². The topological polar surface area (TPSA) is 116 Å². The smallest absolute Gasteiger partial charge is 0.335 e. The molecule has 0 aliphatic carbocycles. The van der Waals surface area contributed by atoms with Crippen LogP contribution in [0.2, 0.25) is 0 Å². The van der Waals surface area contributed by atoms with Crippen molar-refractivity contribution < 1.29 is 19.9 Å². The Labute approximate surface area is 119 Å². The molecule has 2 aromatic carbocycles. The number of aliphatic imine (C=N–C) groups is 1. The van der Waals surface area contributed by atoms with E-state index in [0.29, 0.717) is 5.69 Å². The zero-order valence-corrected chi connectivity index (χ0v) is 10.6. The second kappa shape index (κ2) is 5.83. The summed E-state index contributed by atoms with van der Waals surface area (Å²) in [6.07, 6.45) is 1.18. The van der Waals surface area contributed by atoms with E-state index >= 15 is 0 Å². The molecule has 21 heavy (non-hydrogen) atoms. The Kier molecular flexibility index (Phi) is 3.94. The maximum atomic E-state index is 11.8. The van der Waals surface area contributed by atoms with Gasteiger partial charge >= 0.3 is 5.97 Å². The van der Waals surface area contributed by atoms with Crippen LogP contribution in [-0.4, -0.2) is 22.2 Å². The molecule has 0 aromatic heterocycles. The molecule has 0 aliphatic heterocycles. The predicted octanol–water partition coefficient (Wildman–Crippen LogP) is 2.12. The maximum absolute atomic E-state index is 11.8. The second-order valence-corrected chi connectivity index (χ2v) is 4.07. The lowest BCUT2D eigenvalue weighted by Crippen LogP contribution is -2.01. The minimum absolute atomic E-state index is 0.0601. The van der Waals surface area contributed by atoms with Gasteiger partial charge in [0.15, 0.2) is 0 Å². The van der Waals surface area contributed by atoms with Gasteiger partial charge in [-0.3, -0.25) is 15.1 Å². The Morgan fingerprint density at radius 2 is 1.95 bits per heavy atom. The molecule has 106 valence electrons. The Balaban J connectivity index is 2.34. The summed E-state index contributed by atoms with van der Waals surface area (Å²) in [5.41, 5.74) is -0.0741. The minimum Gasteiger partial charge on any atom is -0.867 e. The lowest BCUT2D eigenvalue weighted by Gasteiger charge is -2.09. The highest BCUT2D eigenvalue weighted by Gasteiger charge is 2.08. The third-order valence-electron chi connectivity index (χ3n) is 2.67. The van der Waals surface area contributed by atoms with Gasteiger partial charge in [0.1, 0.15) is 0 Å². The molecule has 0 bridgehead atoms. The normalized spacial score (nSPS) is 10.7. The zero-order chi connectivity index (χ0) is 15.4. The molecule has 0 unspecified atom stereocenters. The Bertz CT molecular complexity index is 740. The van der Waals surface area contributed by atoms with Crippen LogP contribution in [0.5, 0.6) is 5.75 Å². The summed E-state index contributed by atoms with van der Waals surface area (Å²) in [6, 6.07) is 9.72. The van der Waals surface area contributed by atoms with Gasteiger partial charge in [-0.1, -0.05) is 18.2 Å². The third kappa shape index (κ3) is 3.21. The highest BCUT2D eigenvalue weighted by Crippen LogP contribution is 2.25. The molecule has 0 heterocycles. The molecule has 0 spiro atoms. The molecule has 2 rings (SSSR count). The van der Waals surface area contributed by atoms with Crippen molar-refractivity contribution in [3.63, 3.8) is 0 Å². The van der Waals surface area contributed by atoms with Gasteiger partial charge in [0.05, 0.1) is 16.2 Å². The molecular weight excluding hydrogens is 276 g/mol. The van der Waals surface area contributed by atoms with Crippen LogP contribution in [0.1, 0.15) is 15.9 Å². The second-order valence-electron chi connectivity index (χ2n) is 4.07. The molecule has 0 fully saturated rings. The number of aromatic carboxylic acids is 1. The summed E-state index contributed by atoms with van der Waals surface area (Å²) in [5, 5.41) is 31.3. The molecule has 0 aliphatic rings. The number of carboxylic acids is 1. The van der Waals surface area contributed by atoms with E-state index in [1.807, 2.05) is 0 Å². The highest BCUT2D eigenvalue weighted by molar-refractivity contribution is 5.90. The van der Waals surface area contributed by atoms with Crippen LogP contribution < -0.4 is 5.11 Å². The van der Waals surface area contributed by atoms with Crippen LogP contribution >= 0.6 is 0 Å². The number of hydrogen-bond donors (Lipinski definition) is 1. The third-order valence-corrected chi connectivity index (χ3v) is 2.67. The molecule has 1 N–H and O–H groups in total. The zero-order valence-electron chi connectivity index (χ0n) is 10.6. The molecule has 0 radical (unpaired) electrons. The summed E-state index contributed by atoms with van der Waals surface area (Å²) < 4.78 is 0. The average Bonchev–Trinajstić information content (AvgIpc) is 2.46. The molecule has 0 saturated heterocycles. The Hall–Kier alpha value is -3.22. The van der Waals surface area contributed by atoms with Gasteiger partial charge in [0.25, 0.3) is 5.69 Å². The van der Waals surface area contributed by atoms with E-state index in [9.17, 15) is 20.0 Å². The van der Waals surface area contributed by atoms with Crippen LogP contribution in [0.4, 0.5) is 11.4 Å². The molecule has 2 aromatic rings. The number of carboxylic acid groups (broad SMARTS) is 1. The SMILES string of the molecule is O=C(O)c1cccc(N=Cc2cccc([N+](=O)[O-])c2[O-])c1. The number of nitro groups is 1. The first-order chi connectivity index (χ1) is 9.99. The van der Waals surface area contributed by atoms with E-state index in [4.69, 9.17) is 5.11 Å². The summed E-state index contributed by atoms with van der Waals surface area (Å²) in [4.78, 5) is 24.7. The number of nitro benzene ring substituents is 1. The number of para-hydroxylation sites is 1. The molecule has 0 saturated carbocycles. The van der Waals surface area contributed by atoms with Gasteiger partial charge in [-0.05, 0) is 29.5 Å². The lowest BCUT2D eigenvalue weighted by molar-refractivity contribution is -0.398. The predicted molar refractivity (Wildman–Crippen MR) is 73.2 cm³/mol. The first kappa shape index (κ1) is 14.2. The molecule has 7 nitrogen and oxygen atoms in total. The van der Waals surface area contributed by atoms with Crippen molar-refractivity contribution in [3.8, 4) is 5.75 Å². The van der Waals surface area contributed by atoms with Crippen LogP contribution in [0, 0.1) is 10.1 Å². The Morgan fingerprint density at radius 3 is 2.62 bits per heavy atom. The quantitative estimate of drug-likeness (QED) is 0.524. The molecular formula is C14H9N2O5-. The molecule has 0 atom stereocenters. The van der Waals surface area contributed by atoms with Crippen molar-refractivity contribution >= 4 is 23.6 Å². The van der Waals surface area contributed by atoms with E-state index in [1.165, 1.54) is 36.5 Å². The lowest BCUT2D eigenvalue weighted by atomic mass is 10.2. The standard InChI is InChI=1S/C14H10N2O5/c17-13-10(4-2-6-12(13)16(20)21)8-15-11-5-1-3-9(7-11)14(18)19/h1-8,17H,(H,18,19)/p-1. The number of carbonyl (C=O) groups is 1. The van der Waals surface area contributed by atoms with E-state index in [0.717, 1.165) is 6.07 Å². The fraction of sp³-hybridized carbons (Fsp3) is 0. The van der Waals surface area contributed by atoms with Crippen LogP contribution in [-0.2, 0) is 0 Å². The average molecular weight is 285 g/mol. The monoisotopic (exact) mass is 285 g/mol. The van der Waals surface area contributed by atoms with E-state index in [-0.39, 0.29) is 11.1 Å². The van der Waals surface area contributed by atoms with Crippen LogP contribution in [0.25, 0.3) is 0 Å². The van der Waals surface area contributed by atoms with Gasteiger partial charge in [-0.2, -0.15) is 0 Å². The number of hydrogen-bond acceptors (Lipinski definition) is 5. The maximum Gasteiger partial charge on any atom is 0.335 e. The van der Waals surface area contributed by atoms with Crippen LogP contribution in [0.15, 0.2) is 47.5 Å². The van der Waals surface area contributed by atoms with E-state index in [2.05, 4.69) is 4.99 Å². The van der Waals surface area contributed by atoms with Crippen molar-refractivity contribution in [2.75, 3.05) is 0 Å². The van der Waals surface area contributed by atoms with Gasteiger partial charge in [-0.25, -0.2) is 4.79 Å². The summed E-state index contributed by atoms with van der Waals surface area (Å²) in [6.45, 7) is 0.